The second-order valence-corrected chi connectivity index (χ2v) is 8.65. The predicted molar refractivity (Wildman–Crippen MR) is 123 cm³/mol. The van der Waals surface area contributed by atoms with Crippen LogP contribution in [0.5, 0.6) is 0 Å². The summed E-state index contributed by atoms with van der Waals surface area (Å²) in [5, 5.41) is 4.42. The first-order valence-electron chi connectivity index (χ1n) is 9.15. The van der Waals surface area contributed by atoms with Crippen LogP contribution >= 0.6 is 46.6 Å². The molecular weight excluding hydrogens is 451 g/mol. The lowest BCUT2D eigenvalue weighted by Crippen LogP contribution is -2.48. The molecule has 2 rings (SSSR count). The summed E-state index contributed by atoms with van der Waals surface area (Å²) in [6, 6.07) is 12.0. The quantitative estimate of drug-likeness (QED) is 0.528. The first-order chi connectivity index (χ1) is 13.8. The number of amides is 2. The monoisotopic (exact) mass is 472 g/mol. The molecule has 0 radical (unpaired) electrons. The third-order valence-electron chi connectivity index (χ3n) is 4.32. The molecule has 0 aliphatic carbocycles. The summed E-state index contributed by atoms with van der Waals surface area (Å²) >= 11 is 19.9. The summed E-state index contributed by atoms with van der Waals surface area (Å²) in [6.45, 7) is 4.27. The third kappa shape index (κ3) is 7.10. The van der Waals surface area contributed by atoms with Crippen molar-refractivity contribution in [3.05, 3.63) is 68.7 Å². The second-order valence-electron chi connectivity index (χ2n) is 6.41. The Morgan fingerprint density at radius 1 is 1.07 bits per heavy atom. The zero-order valence-corrected chi connectivity index (χ0v) is 19.3. The average molecular weight is 474 g/mol. The zero-order chi connectivity index (χ0) is 21.4. The molecule has 0 fully saturated rings. The van der Waals surface area contributed by atoms with Gasteiger partial charge in [0.15, 0.2) is 0 Å². The van der Waals surface area contributed by atoms with Gasteiger partial charge < -0.3 is 10.2 Å². The van der Waals surface area contributed by atoms with E-state index in [1.807, 2.05) is 31.2 Å². The molecule has 0 saturated carbocycles. The molecular formula is C21H23Cl3N2O2S. The molecule has 2 amide bonds. The van der Waals surface area contributed by atoms with E-state index in [4.69, 9.17) is 34.8 Å². The summed E-state index contributed by atoms with van der Waals surface area (Å²) in [6.07, 6.45) is 0. The topological polar surface area (TPSA) is 49.4 Å². The fraction of sp³-hybridized carbons (Fsp3) is 0.333. The molecule has 29 heavy (non-hydrogen) atoms. The molecule has 0 bridgehead atoms. The van der Waals surface area contributed by atoms with Crippen molar-refractivity contribution < 1.29 is 9.59 Å². The minimum Gasteiger partial charge on any atom is -0.355 e. The summed E-state index contributed by atoms with van der Waals surface area (Å²) in [4.78, 5) is 26.9. The average Bonchev–Trinajstić information content (AvgIpc) is 2.68. The van der Waals surface area contributed by atoms with Crippen LogP contribution in [-0.2, 0) is 21.9 Å². The molecule has 1 atom stereocenters. The molecule has 0 aliphatic rings. The second kappa shape index (κ2) is 11.7. The number of carbonyl (C=O) groups is 2. The molecule has 1 N–H and O–H groups in total. The molecule has 0 saturated heterocycles. The number of halogens is 3. The fourth-order valence-electron chi connectivity index (χ4n) is 2.68. The molecule has 1 unspecified atom stereocenters. The first kappa shape index (κ1) is 23.9. The molecule has 0 aromatic heterocycles. The van der Waals surface area contributed by atoms with Gasteiger partial charge in [-0.1, -0.05) is 59.1 Å². The first-order valence-corrected chi connectivity index (χ1v) is 11.4. The summed E-state index contributed by atoms with van der Waals surface area (Å²) in [5.74, 6) is 0.477. The van der Waals surface area contributed by atoms with E-state index in [2.05, 4.69) is 5.32 Å². The minimum absolute atomic E-state index is 0.146. The molecule has 0 spiro atoms. The summed E-state index contributed by atoms with van der Waals surface area (Å²) < 4.78 is 0. The van der Waals surface area contributed by atoms with Gasteiger partial charge in [0.05, 0.1) is 5.75 Å². The highest BCUT2D eigenvalue weighted by molar-refractivity contribution is 7.99. The van der Waals surface area contributed by atoms with Crippen molar-refractivity contribution in [2.75, 3.05) is 12.3 Å². The number of likely N-dealkylation sites (N-methyl/N-ethyl adjacent to an activating group) is 1. The molecule has 0 heterocycles. The van der Waals surface area contributed by atoms with E-state index in [9.17, 15) is 9.59 Å². The largest absolute Gasteiger partial charge is 0.355 e. The lowest BCUT2D eigenvalue weighted by Gasteiger charge is -2.29. The number of nitrogens with one attached hydrogen (secondary N) is 1. The number of rotatable bonds is 9. The van der Waals surface area contributed by atoms with Gasteiger partial charge in [-0.05, 0) is 43.2 Å². The van der Waals surface area contributed by atoms with Crippen molar-refractivity contribution in [2.24, 2.45) is 0 Å². The van der Waals surface area contributed by atoms with E-state index in [0.717, 1.165) is 11.1 Å². The van der Waals surface area contributed by atoms with E-state index in [0.29, 0.717) is 27.4 Å². The van der Waals surface area contributed by atoms with Crippen LogP contribution in [0.2, 0.25) is 15.1 Å². The maximum Gasteiger partial charge on any atom is 0.242 e. The standard InChI is InChI=1S/C21H23Cl3N2O2S/c1-3-25-21(28)14(2)26(11-15-8-9-17(22)10-19(15)24)20(27)13-29-12-16-6-4-5-7-18(16)23/h4-10,14H,3,11-13H2,1-2H3,(H,25,28). The van der Waals surface area contributed by atoms with E-state index in [1.54, 1.807) is 30.0 Å². The van der Waals surface area contributed by atoms with Crippen LogP contribution < -0.4 is 5.32 Å². The van der Waals surface area contributed by atoms with Gasteiger partial charge in [-0.2, -0.15) is 0 Å². The molecule has 2 aromatic rings. The highest BCUT2D eigenvalue weighted by atomic mass is 35.5. The van der Waals surface area contributed by atoms with Crippen molar-refractivity contribution in [1.29, 1.82) is 0 Å². The smallest absolute Gasteiger partial charge is 0.242 e. The Kier molecular flexibility index (Phi) is 9.63. The minimum atomic E-state index is -0.630. The summed E-state index contributed by atoms with van der Waals surface area (Å²) in [7, 11) is 0. The lowest BCUT2D eigenvalue weighted by atomic mass is 10.1. The maximum absolute atomic E-state index is 13.0. The van der Waals surface area contributed by atoms with Crippen molar-refractivity contribution in [3.8, 4) is 0 Å². The van der Waals surface area contributed by atoms with E-state index in [1.165, 1.54) is 11.8 Å². The van der Waals surface area contributed by atoms with Crippen LogP contribution in [0.1, 0.15) is 25.0 Å². The van der Waals surface area contributed by atoms with Crippen molar-refractivity contribution in [1.82, 2.24) is 10.2 Å². The molecule has 156 valence electrons. The Labute approximate surface area is 190 Å². The van der Waals surface area contributed by atoms with Crippen molar-refractivity contribution in [2.45, 2.75) is 32.2 Å². The van der Waals surface area contributed by atoms with Gasteiger partial charge in [-0.15, -0.1) is 11.8 Å². The fourth-order valence-corrected chi connectivity index (χ4v) is 4.35. The highest BCUT2D eigenvalue weighted by Gasteiger charge is 2.26. The van der Waals surface area contributed by atoms with Gasteiger partial charge in [-0.25, -0.2) is 0 Å². The maximum atomic E-state index is 13.0. The van der Waals surface area contributed by atoms with Crippen LogP contribution in [-0.4, -0.2) is 35.1 Å². The zero-order valence-electron chi connectivity index (χ0n) is 16.3. The number of benzene rings is 2. The van der Waals surface area contributed by atoms with Crippen molar-refractivity contribution >= 4 is 58.4 Å². The number of hydrogen-bond acceptors (Lipinski definition) is 3. The predicted octanol–water partition coefficient (Wildman–Crippen LogP) is 5.43. The normalized spacial score (nSPS) is 11.8. The van der Waals surface area contributed by atoms with Gasteiger partial charge in [0, 0.05) is 33.9 Å². The Morgan fingerprint density at radius 2 is 1.79 bits per heavy atom. The van der Waals surface area contributed by atoms with E-state index < -0.39 is 6.04 Å². The van der Waals surface area contributed by atoms with Gasteiger partial charge in [0.2, 0.25) is 11.8 Å². The van der Waals surface area contributed by atoms with E-state index in [-0.39, 0.29) is 24.1 Å². The van der Waals surface area contributed by atoms with Crippen LogP contribution in [0.25, 0.3) is 0 Å². The number of hydrogen-bond donors (Lipinski definition) is 1. The van der Waals surface area contributed by atoms with Crippen molar-refractivity contribution in [3.63, 3.8) is 0 Å². The number of carbonyl (C=O) groups excluding carboxylic acids is 2. The number of thioether (sulfide) groups is 1. The van der Waals surface area contributed by atoms with Crippen LogP contribution in [0, 0.1) is 0 Å². The van der Waals surface area contributed by atoms with E-state index >= 15 is 0 Å². The Bertz CT molecular complexity index is 864. The highest BCUT2D eigenvalue weighted by Crippen LogP contribution is 2.25. The SMILES string of the molecule is CCNC(=O)C(C)N(Cc1ccc(Cl)cc1Cl)C(=O)CSCc1ccccc1Cl. The van der Waals surface area contributed by atoms with Gasteiger partial charge >= 0.3 is 0 Å². The van der Waals surface area contributed by atoms with Crippen LogP contribution in [0.3, 0.4) is 0 Å². The number of nitrogens with zero attached hydrogens (tertiary/aromatic N) is 1. The molecule has 8 heteroatoms. The van der Waals surface area contributed by atoms with Gasteiger partial charge in [-0.3, -0.25) is 9.59 Å². The van der Waals surface area contributed by atoms with Gasteiger partial charge in [0.1, 0.15) is 6.04 Å². The Hall–Kier alpha value is -1.40. The molecule has 2 aromatic carbocycles. The Morgan fingerprint density at radius 3 is 2.45 bits per heavy atom. The summed E-state index contributed by atoms with van der Waals surface area (Å²) in [5.41, 5.74) is 1.70. The van der Waals surface area contributed by atoms with Crippen LogP contribution in [0.15, 0.2) is 42.5 Å². The van der Waals surface area contributed by atoms with Gasteiger partial charge in [0.25, 0.3) is 0 Å². The third-order valence-corrected chi connectivity index (χ3v) is 6.24. The Balaban J connectivity index is 2.11. The molecule has 0 aliphatic heterocycles. The lowest BCUT2D eigenvalue weighted by molar-refractivity contribution is -0.138. The molecule has 4 nitrogen and oxygen atoms in total. The van der Waals surface area contributed by atoms with Crippen LogP contribution in [0.4, 0.5) is 0 Å².